The Labute approximate surface area is 238 Å². The van der Waals surface area contributed by atoms with Gasteiger partial charge in [-0.2, -0.15) is 0 Å². The number of aryl methyl sites for hydroxylation is 1. The van der Waals surface area contributed by atoms with Gasteiger partial charge in [0.1, 0.15) is 17.4 Å². The van der Waals surface area contributed by atoms with Gasteiger partial charge in [0.2, 0.25) is 0 Å². The van der Waals surface area contributed by atoms with Crippen molar-refractivity contribution in [2.75, 3.05) is 13.2 Å². The second-order valence-corrected chi connectivity index (χ2v) is 9.65. The van der Waals surface area contributed by atoms with E-state index >= 15 is 4.39 Å². The molecule has 0 radical (unpaired) electrons. The molecule has 0 bridgehead atoms. The third-order valence-electron chi connectivity index (χ3n) is 6.14. The molecule has 0 heterocycles. The van der Waals surface area contributed by atoms with Crippen LogP contribution >= 0.6 is 0 Å². The Bertz CT molecular complexity index is 1490. The average molecular weight is 563 g/mol. The molecule has 41 heavy (non-hydrogen) atoms. The summed E-state index contributed by atoms with van der Waals surface area (Å²) in [4.78, 5) is 35.4. The van der Waals surface area contributed by atoms with Crippen LogP contribution in [0, 0.1) is 18.6 Å². The smallest absolute Gasteiger partial charge is 0.341 e. The van der Waals surface area contributed by atoms with E-state index < -0.39 is 29.5 Å². The molecule has 3 aromatic carbocycles. The highest BCUT2D eigenvalue weighted by molar-refractivity contribution is 5.91. The zero-order chi connectivity index (χ0) is 30.1. The Morgan fingerprint density at radius 3 is 1.90 bits per heavy atom. The summed E-state index contributed by atoms with van der Waals surface area (Å²) in [6.07, 6.45) is 1.77. The van der Waals surface area contributed by atoms with Crippen LogP contribution in [0.2, 0.25) is 0 Å². The molecule has 0 saturated carbocycles. The van der Waals surface area contributed by atoms with Gasteiger partial charge in [0.15, 0.2) is 0 Å². The lowest BCUT2D eigenvalue weighted by atomic mass is 9.96. The fourth-order valence-electron chi connectivity index (χ4n) is 3.89. The molecule has 0 aliphatic rings. The summed E-state index contributed by atoms with van der Waals surface area (Å²) >= 11 is 0. The van der Waals surface area contributed by atoms with Crippen molar-refractivity contribution in [3.63, 3.8) is 0 Å². The number of hydrogen-bond acceptors (Lipinski definition) is 6. The van der Waals surface area contributed by atoms with E-state index in [0.717, 1.165) is 17.2 Å². The van der Waals surface area contributed by atoms with Crippen LogP contribution in [0.3, 0.4) is 0 Å². The van der Waals surface area contributed by atoms with Gasteiger partial charge in [-0.3, -0.25) is 0 Å². The average Bonchev–Trinajstić information content (AvgIpc) is 2.92. The molecule has 0 atom stereocenters. The molecular formula is C33H32F2O6. The first kappa shape index (κ1) is 30.9. The summed E-state index contributed by atoms with van der Waals surface area (Å²) in [6.45, 7) is 12.3. The highest BCUT2D eigenvalue weighted by atomic mass is 19.1. The van der Waals surface area contributed by atoms with Gasteiger partial charge in [0.05, 0.1) is 18.8 Å². The van der Waals surface area contributed by atoms with E-state index in [1.165, 1.54) is 18.2 Å². The summed E-state index contributed by atoms with van der Waals surface area (Å²) in [6, 6.07) is 13.4. The van der Waals surface area contributed by atoms with E-state index in [4.69, 9.17) is 14.2 Å². The molecule has 0 fully saturated rings. The Morgan fingerprint density at radius 2 is 1.29 bits per heavy atom. The monoisotopic (exact) mass is 562 g/mol. The number of unbranched alkanes of at least 4 members (excludes halogenated alkanes) is 2. The molecule has 0 saturated heterocycles. The molecule has 0 N–H and O–H groups in total. The molecule has 3 aromatic rings. The Hall–Kier alpha value is -4.59. The molecule has 0 aliphatic carbocycles. The Morgan fingerprint density at radius 1 is 0.707 bits per heavy atom. The number of rotatable bonds is 12. The zero-order valence-corrected chi connectivity index (χ0v) is 23.4. The maximum atomic E-state index is 15.1. The minimum absolute atomic E-state index is 0.0846. The number of carbonyl (C=O) groups excluding carboxylic acids is 3. The SMILES string of the molecule is C=C(C)C(=O)OCCCCCOC(=O)c1ccc(-c2ccc(-c3ccc(OC(=O)C(=C)C)cc3C)cc2F)cc1F. The van der Waals surface area contributed by atoms with Gasteiger partial charge in [-0.1, -0.05) is 37.4 Å². The summed E-state index contributed by atoms with van der Waals surface area (Å²) in [7, 11) is 0. The van der Waals surface area contributed by atoms with Crippen molar-refractivity contribution < 1.29 is 37.4 Å². The molecule has 6 nitrogen and oxygen atoms in total. The van der Waals surface area contributed by atoms with Crippen LogP contribution in [-0.4, -0.2) is 31.1 Å². The van der Waals surface area contributed by atoms with Crippen molar-refractivity contribution >= 4 is 17.9 Å². The predicted octanol–water partition coefficient (Wildman–Crippen LogP) is 7.54. The first-order valence-corrected chi connectivity index (χ1v) is 13.1. The molecule has 0 aliphatic heterocycles. The van der Waals surface area contributed by atoms with E-state index in [1.807, 2.05) is 6.92 Å². The van der Waals surface area contributed by atoms with Gasteiger partial charge in [-0.05, 0) is 92.6 Å². The van der Waals surface area contributed by atoms with E-state index in [2.05, 4.69) is 13.2 Å². The third kappa shape index (κ3) is 8.45. The minimum atomic E-state index is -0.821. The number of esters is 3. The van der Waals surface area contributed by atoms with Gasteiger partial charge in [-0.25, -0.2) is 23.2 Å². The summed E-state index contributed by atoms with van der Waals surface area (Å²) in [5, 5.41) is 0. The summed E-state index contributed by atoms with van der Waals surface area (Å²) in [5.74, 6) is -2.83. The van der Waals surface area contributed by atoms with Crippen molar-refractivity contribution in [2.45, 2.75) is 40.0 Å². The van der Waals surface area contributed by atoms with Gasteiger partial charge in [0, 0.05) is 16.7 Å². The summed E-state index contributed by atoms with van der Waals surface area (Å²) < 4.78 is 45.3. The Balaban J connectivity index is 1.61. The van der Waals surface area contributed by atoms with Gasteiger partial charge in [0.25, 0.3) is 0 Å². The van der Waals surface area contributed by atoms with E-state index in [1.54, 1.807) is 44.2 Å². The molecular weight excluding hydrogens is 530 g/mol. The molecule has 3 rings (SSSR count). The standard InChI is InChI=1S/C33H32F2O6/c1-20(2)31(36)39-15-7-6-8-16-40-33(38)28-13-10-24(19-30(28)35)27-12-9-23(18-29(27)34)26-14-11-25(17-22(26)5)41-32(37)21(3)4/h9-14,17-19H,1,3,6-8,15-16H2,2,4-5H3. The predicted molar refractivity (Wildman–Crippen MR) is 152 cm³/mol. The number of ether oxygens (including phenoxy) is 3. The minimum Gasteiger partial charge on any atom is -0.462 e. The fraction of sp³-hybridized carbons (Fsp3) is 0.242. The maximum Gasteiger partial charge on any atom is 0.341 e. The number of carbonyl (C=O) groups is 3. The number of halogens is 2. The number of hydrogen-bond donors (Lipinski definition) is 0. The summed E-state index contributed by atoms with van der Waals surface area (Å²) in [5.41, 5.74) is 2.90. The van der Waals surface area contributed by atoms with Crippen LogP contribution in [0.5, 0.6) is 5.75 Å². The van der Waals surface area contributed by atoms with E-state index in [0.29, 0.717) is 36.1 Å². The van der Waals surface area contributed by atoms with E-state index in [9.17, 15) is 18.8 Å². The van der Waals surface area contributed by atoms with Crippen molar-refractivity contribution in [3.05, 3.63) is 102 Å². The van der Waals surface area contributed by atoms with Crippen LogP contribution in [0.1, 0.15) is 49.0 Å². The highest BCUT2D eigenvalue weighted by Gasteiger charge is 2.17. The lowest BCUT2D eigenvalue weighted by Gasteiger charge is -2.12. The molecule has 0 spiro atoms. The second kappa shape index (κ2) is 14.2. The zero-order valence-electron chi connectivity index (χ0n) is 23.4. The largest absolute Gasteiger partial charge is 0.462 e. The van der Waals surface area contributed by atoms with Crippen molar-refractivity contribution in [3.8, 4) is 28.0 Å². The maximum absolute atomic E-state index is 15.1. The van der Waals surface area contributed by atoms with Crippen LogP contribution in [-0.2, 0) is 19.1 Å². The van der Waals surface area contributed by atoms with Gasteiger partial charge in [-0.15, -0.1) is 0 Å². The van der Waals surface area contributed by atoms with Crippen molar-refractivity contribution in [1.82, 2.24) is 0 Å². The van der Waals surface area contributed by atoms with Crippen LogP contribution in [0.25, 0.3) is 22.3 Å². The normalized spacial score (nSPS) is 10.6. The fourth-order valence-corrected chi connectivity index (χ4v) is 3.89. The molecule has 0 unspecified atom stereocenters. The van der Waals surface area contributed by atoms with Crippen LogP contribution in [0.4, 0.5) is 8.78 Å². The first-order chi connectivity index (χ1) is 19.5. The van der Waals surface area contributed by atoms with Gasteiger partial charge >= 0.3 is 17.9 Å². The molecule has 214 valence electrons. The van der Waals surface area contributed by atoms with Gasteiger partial charge < -0.3 is 14.2 Å². The quantitative estimate of drug-likeness (QED) is 0.0983. The molecule has 0 aromatic heterocycles. The Kier molecular flexibility index (Phi) is 10.7. The number of benzene rings is 3. The third-order valence-corrected chi connectivity index (χ3v) is 6.14. The topological polar surface area (TPSA) is 78.9 Å². The van der Waals surface area contributed by atoms with Crippen molar-refractivity contribution in [2.24, 2.45) is 0 Å². The molecule has 8 heteroatoms. The van der Waals surface area contributed by atoms with Crippen molar-refractivity contribution in [1.29, 1.82) is 0 Å². The first-order valence-electron chi connectivity index (χ1n) is 13.1. The van der Waals surface area contributed by atoms with Crippen LogP contribution < -0.4 is 4.74 Å². The van der Waals surface area contributed by atoms with E-state index in [-0.39, 0.29) is 35.5 Å². The van der Waals surface area contributed by atoms with Crippen LogP contribution in [0.15, 0.2) is 78.9 Å². The lowest BCUT2D eigenvalue weighted by molar-refractivity contribution is -0.139. The lowest BCUT2D eigenvalue weighted by Crippen LogP contribution is -2.09. The molecule has 0 amide bonds. The highest BCUT2D eigenvalue weighted by Crippen LogP contribution is 2.32. The second-order valence-electron chi connectivity index (χ2n) is 9.65.